The largest absolute Gasteiger partial charge is 0.353 e. The molecule has 11 heavy (non-hydrogen) atoms. The van der Waals surface area contributed by atoms with Crippen molar-refractivity contribution in [3.8, 4) is 0 Å². The van der Waals surface area contributed by atoms with Gasteiger partial charge < -0.3 is 5.32 Å². The number of carbonyl (C=O) groups is 1. The van der Waals surface area contributed by atoms with Crippen molar-refractivity contribution in [2.45, 2.75) is 25.8 Å². The maximum atomic E-state index is 10.9. The lowest BCUT2D eigenvalue weighted by Gasteiger charge is -2.10. The third-order valence-electron chi connectivity index (χ3n) is 1.25. The first-order valence-electron chi connectivity index (χ1n) is 3.67. The highest BCUT2D eigenvalue weighted by atomic mass is 35.5. The molecule has 0 aliphatic heterocycles. The van der Waals surface area contributed by atoms with Crippen LogP contribution in [0, 0.1) is 0 Å². The highest BCUT2D eigenvalue weighted by Crippen LogP contribution is 1.92. The lowest BCUT2D eigenvalue weighted by atomic mass is 10.2. The van der Waals surface area contributed by atoms with E-state index in [1.807, 2.05) is 6.92 Å². The molecule has 0 aromatic heterocycles. The molecule has 0 bridgehead atoms. The summed E-state index contributed by atoms with van der Waals surface area (Å²) in [5.41, 5.74) is 0. The van der Waals surface area contributed by atoms with Crippen molar-refractivity contribution >= 4 is 17.5 Å². The van der Waals surface area contributed by atoms with Gasteiger partial charge in [0.15, 0.2) is 0 Å². The van der Waals surface area contributed by atoms with Crippen LogP contribution in [0.1, 0.15) is 19.8 Å². The lowest BCUT2D eigenvalue weighted by Crippen LogP contribution is -2.32. The quantitative estimate of drug-likeness (QED) is 0.500. The van der Waals surface area contributed by atoms with Crippen molar-refractivity contribution in [2.75, 3.05) is 5.88 Å². The summed E-state index contributed by atoms with van der Waals surface area (Å²) < 4.78 is 0. The Morgan fingerprint density at radius 2 is 2.45 bits per heavy atom. The number of rotatable bonds is 5. The molecule has 3 heteroatoms. The van der Waals surface area contributed by atoms with Crippen LogP contribution in [0.15, 0.2) is 12.7 Å². The van der Waals surface area contributed by atoms with Crippen molar-refractivity contribution in [3.05, 3.63) is 12.7 Å². The summed E-state index contributed by atoms with van der Waals surface area (Å²) in [6.07, 6.45) is 2.97. The van der Waals surface area contributed by atoms with Crippen LogP contribution < -0.4 is 5.32 Å². The van der Waals surface area contributed by atoms with Gasteiger partial charge in [0.25, 0.3) is 0 Å². The molecule has 0 aliphatic rings. The number of amides is 1. The van der Waals surface area contributed by atoms with E-state index in [0.717, 1.165) is 6.42 Å². The second-order valence-corrected chi connectivity index (χ2v) is 2.81. The molecule has 1 atom stereocenters. The lowest BCUT2D eigenvalue weighted by molar-refractivity contribution is -0.121. The van der Waals surface area contributed by atoms with Gasteiger partial charge in [-0.1, -0.05) is 6.08 Å². The average molecular weight is 176 g/mol. The summed E-state index contributed by atoms with van der Waals surface area (Å²) in [4.78, 5) is 10.9. The molecule has 0 aliphatic carbocycles. The first kappa shape index (κ1) is 10.5. The van der Waals surface area contributed by atoms with Gasteiger partial charge in [0.05, 0.1) is 0 Å². The van der Waals surface area contributed by atoms with Gasteiger partial charge in [-0.2, -0.15) is 0 Å². The molecular formula is C8H14ClNO. The number of nitrogens with one attached hydrogen (secondary N) is 1. The zero-order valence-corrected chi connectivity index (χ0v) is 7.53. The summed E-state index contributed by atoms with van der Waals surface area (Å²) >= 11 is 5.38. The van der Waals surface area contributed by atoms with E-state index in [0.29, 0.717) is 12.3 Å². The van der Waals surface area contributed by atoms with Crippen molar-refractivity contribution in [1.29, 1.82) is 0 Å². The fourth-order valence-corrected chi connectivity index (χ4v) is 0.913. The van der Waals surface area contributed by atoms with Gasteiger partial charge in [-0.05, 0) is 13.3 Å². The van der Waals surface area contributed by atoms with Crippen LogP contribution in [-0.2, 0) is 4.79 Å². The van der Waals surface area contributed by atoms with Crippen LogP contribution in [0.3, 0.4) is 0 Å². The molecule has 0 fully saturated rings. The third kappa shape index (κ3) is 5.92. The van der Waals surface area contributed by atoms with E-state index in [1.165, 1.54) is 0 Å². The first-order valence-corrected chi connectivity index (χ1v) is 4.20. The predicted molar refractivity (Wildman–Crippen MR) is 47.8 cm³/mol. The Labute approximate surface area is 72.6 Å². The summed E-state index contributed by atoms with van der Waals surface area (Å²) in [5.74, 6) is 0.390. The topological polar surface area (TPSA) is 29.1 Å². The maximum Gasteiger partial charge on any atom is 0.221 e. The smallest absolute Gasteiger partial charge is 0.221 e. The first-order chi connectivity index (χ1) is 5.20. The number of alkyl halides is 1. The average Bonchev–Trinajstić information content (AvgIpc) is 1.87. The van der Waals surface area contributed by atoms with Crippen LogP contribution in [-0.4, -0.2) is 17.8 Å². The minimum Gasteiger partial charge on any atom is -0.353 e. The van der Waals surface area contributed by atoms with E-state index in [2.05, 4.69) is 11.9 Å². The monoisotopic (exact) mass is 175 g/mol. The predicted octanol–water partition coefficient (Wildman–Crippen LogP) is 1.70. The molecule has 0 spiro atoms. The third-order valence-corrected chi connectivity index (χ3v) is 1.44. The highest BCUT2D eigenvalue weighted by Gasteiger charge is 2.03. The molecule has 0 aromatic carbocycles. The Morgan fingerprint density at radius 1 is 1.82 bits per heavy atom. The maximum absolute atomic E-state index is 10.9. The molecule has 64 valence electrons. The molecular weight excluding hydrogens is 162 g/mol. The van der Waals surface area contributed by atoms with Crippen molar-refractivity contribution in [1.82, 2.24) is 5.32 Å². The van der Waals surface area contributed by atoms with Gasteiger partial charge in [-0.25, -0.2) is 0 Å². The number of halogens is 1. The van der Waals surface area contributed by atoms with Crippen LogP contribution in [0.25, 0.3) is 0 Å². The fourth-order valence-electron chi connectivity index (χ4n) is 0.742. The minimum absolute atomic E-state index is 0.00866. The van der Waals surface area contributed by atoms with Gasteiger partial charge in [0, 0.05) is 18.3 Å². The number of carbonyl (C=O) groups excluding carboxylic acids is 1. The Bertz CT molecular complexity index is 136. The standard InChI is InChI=1S/C8H14ClNO/c1-3-4-7(2)10-8(11)5-6-9/h3,7H,1,4-6H2,2H3,(H,10,11). The highest BCUT2D eigenvalue weighted by molar-refractivity contribution is 6.18. The molecule has 0 aromatic rings. The van der Waals surface area contributed by atoms with E-state index < -0.39 is 0 Å². The zero-order valence-electron chi connectivity index (χ0n) is 6.77. The van der Waals surface area contributed by atoms with Gasteiger partial charge in [-0.3, -0.25) is 4.79 Å². The van der Waals surface area contributed by atoms with Gasteiger partial charge in [0.2, 0.25) is 5.91 Å². The molecule has 1 N–H and O–H groups in total. The summed E-state index contributed by atoms with van der Waals surface area (Å²) in [7, 11) is 0. The van der Waals surface area contributed by atoms with Gasteiger partial charge in [0.1, 0.15) is 0 Å². The Morgan fingerprint density at radius 3 is 2.91 bits per heavy atom. The molecule has 0 heterocycles. The molecule has 0 saturated carbocycles. The van der Waals surface area contributed by atoms with Crippen LogP contribution >= 0.6 is 11.6 Å². The van der Waals surface area contributed by atoms with Gasteiger partial charge >= 0.3 is 0 Å². The van der Waals surface area contributed by atoms with E-state index >= 15 is 0 Å². The molecule has 2 nitrogen and oxygen atoms in total. The SMILES string of the molecule is C=CCC(C)NC(=O)CCCl. The molecule has 0 rings (SSSR count). The van der Waals surface area contributed by atoms with Gasteiger partial charge in [-0.15, -0.1) is 18.2 Å². The Kier molecular flexibility index (Phi) is 5.94. The minimum atomic E-state index is 0.00866. The van der Waals surface area contributed by atoms with Crippen LogP contribution in [0.2, 0.25) is 0 Å². The zero-order chi connectivity index (χ0) is 8.69. The molecule has 1 unspecified atom stereocenters. The Balaban J connectivity index is 3.48. The molecule has 1 amide bonds. The second-order valence-electron chi connectivity index (χ2n) is 2.43. The van der Waals surface area contributed by atoms with E-state index in [-0.39, 0.29) is 11.9 Å². The van der Waals surface area contributed by atoms with Crippen LogP contribution in [0.5, 0.6) is 0 Å². The Hall–Kier alpha value is -0.500. The fraction of sp³-hybridized carbons (Fsp3) is 0.625. The summed E-state index contributed by atoms with van der Waals surface area (Å²) in [5, 5.41) is 2.79. The summed E-state index contributed by atoms with van der Waals surface area (Å²) in [6.45, 7) is 5.51. The van der Waals surface area contributed by atoms with E-state index in [1.54, 1.807) is 6.08 Å². The molecule has 0 radical (unpaired) electrons. The van der Waals surface area contributed by atoms with E-state index in [4.69, 9.17) is 11.6 Å². The van der Waals surface area contributed by atoms with Crippen molar-refractivity contribution in [2.24, 2.45) is 0 Å². The van der Waals surface area contributed by atoms with Crippen LogP contribution in [0.4, 0.5) is 0 Å². The summed E-state index contributed by atoms with van der Waals surface area (Å²) in [6, 6.07) is 0.170. The normalized spacial score (nSPS) is 12.2. The molecule has 0 saturated heterocycles. The number of hydrogen-bond acceptors (Lipinski definition) is 1. The van der Waals surface area contributed by atoms with Crippen molar-refractivity contribution in [3.63, 3.8) is 0 Å². The second kappa shape index (κ2) is 6.23. The van der Waals surface area contributed by atoms with Crippen molar-refractivity contribution < 1.29 is 4.79 Å². The van der Waals surface area contributed by atoms with E-state index in [9.17, 15) is 4.79 Å². The number of hydrogen-bond donors (Lipinski definition) is 1.